The minimum Gasteiger partial charge on any atom is -0.289 e. The molecule has 0 bridgehead atoms. The van der Waals surface area contributed by atoms with E-state index < -0.39 is 17.1 Å². The molecule has 0 spiro atoms. The van der Waals surface area contributed by atoms with Crippen molar-refractivity contribution in [2.24, 2.45) is 5.92 Å². The standard InChI is InChI=1S/C5HClF2N2O/c6-5(7,8)4(11)3(1-9)2-10/h3H. The van der Waals surface area contributed by atoms with Crippen LogP contribution in [0.15, 0.2) is 0 Å². The van der Waals surface area contributed by atoms with Gasteiger partial charge in [-0.1, -0.05) is 0 Å². The molecule has 0 aliphatic heterocycles. The van der Waals surface area contributed by atoms with Gasteiger partial charge >= 0.3 is 5.38 Å². The molecule has 0 radical (unpaired) electrons. The summed E-state index contributed by atoms with van der Waals surface area (Å²) in [5.74, 6) is -3.88. The highest BCUT2D eigenvalue weighted by molar-refractivity contribution is 6.33. The van der Waals surface area contributed by atoms with Gasteiger partial charge in [0.2, 0.25) is 5.78 Å². The van der Waals surface area contributed by atoms with Crippen molar-refractivity contribution < 1.29 is 13.6 Å². The van der Waals surface area contributed by atoms with Crippen LogP contribution in [0.5, 0.6) is 0 Å². The zero-order valence-corrected chi connectivity index (χ0v) is 5.77. The van der Waals surface area contributed by atoms with Crippen LogP contribution in [0, 0.1) is 28.6 Å². The summed E-state index contributed by atoms with van der Waals surface area (Å²) >= 11 is 4.25. The molecule has 0 heterocycles. The number of halogens is 3. The maximum Gasteiger partial charge on any atom is 0.382 e. The number of nitriles is 2. The summed E-state index contributed by atoms with van der Waals surface area (Å²) in [6, 6.07) is 2.17. The number of Topliss-reactive ketones (excluding diaryl/α,β-unsaturated/α-hetero) is 1. The molecule has 0 aliphatic carbocycles. The number of carbonyl (C=O) groups excluding carboxylic acids is 1. The number of carbonyl (C=O) groups is 1. The highest BCUT2D eigenvalue weighted by Crippen LogP contribution is 2.23. The Morgan fingerprint density at radius 2 is 1.82 bits per heavy atom. The number of nitrogens with zero attached hydrogens (tertiary/aromatic N) is 2. The first-order chi connectivity index (χ1) is 4.93. The fourth-order valence-electron chi connectivity index (χ4n) is 0.310. The van der Waals surface area contributed by atoms with Gasteiger partial charge in [0, 0.05) is 0 Å². The van der Waals surface area contributed by atoms with Crippen molar-refractivity contribution in [3.63, 3.8) is 0 Å². The molecular weight excluding hydrogens is 178 g/mol. The lowest BCUT2D eigenvalue weighted by molar-refractivity contribution is -0.134. The lowest BCUT2D eigenvalue weighted by Gasteiger charge is -2.04. The topological polar surface area (TPSA) is 64.7 Å². The van der Waals surface area contributed by atoms with Crippen LogP contribution in [0.4, 0.5) is 8.78 Å². The minimum atomic E-state index is -4.13. The number of alkyl halides is 3. The molecule has 6 heteroatoms. The maximum absolute atomic E-state index is 11.9. The number of hydrogen-bond donors (Lipinski definition) is 0. The van der Waals surface area contributed by atoms with Crippen molar-refractivity contribution in [2.75, 3.05) is 0 Å². The summed E-state index contributed by atoms with van der Waals surface area (Å²) in [6.07, 6.45) is 0. The number of ketones is 1. The van der Waals surface area contributed by atoms with Gasteiger partial charge in [0.15, 0.2) is 5.92 Å². The quantitative estimate of drug-likeness (QED) is 0.594. The monoisotopic (exact) mass is 178 g/mol. The third kappa shape index (κ3) is 2.48. The Morgan fingerprint density at radius 3 is 1.91 bits per heavy atom. The number of hydrogen-bond acceptors (Lipinski definition) is 3. The number of rotatable bonds is 2. The van der Waals surface area contributed by atoms with Crippen LogP contribution in [-0.4, -0.2) is 11.2 Å². The first-order valence-corrected chi connectivity index (χ1v) is 2.71. The van der Waals surface area contributed by atoms with Gasteiger partial charge in [0.1, 0.15) is 0 Å². The summed E-state index contributed by atoms with van der Waals surface area (Å²) in [7, 11) is 0. The van der Waals surface area contributed by atoms with Crippen LogP contribution in [0.3, 0.4) is 0 Å². The third-order valence-corrected chi connectivity index (χ3v) is 0.986. The lowest BCUT2D eigenvalue weighted by atomic mass is 10.1. The van der Waals surface area contributed by atoms with Gasteiger partial charge in [0.05, 0.1) is 12.1 Å². The van der Waals surface area contributed by atoms with E-state index in [9.17, 15) is 13.6 Å². The molecule has 0 fully saturated rings. The molecule has 0 aromatic heterocycles. The predicted molar refractivity (Wildman–Crippen MR) is 30.5 cm³/mol. The van der Waals surface area contributed by atoms with Gasteiger partial charge in [-0.15, -0.1) is 0 Å². The fourth-order valence-corrected chi connectivity index (χ4v) is 0.419. The van der Waals surface area contributed by atoms with Crippen LogP contribution >= 0.6 is 11.6 Å². The predicted octanol–water partition coefficient (Wildman–Crippen LogP) is 1.05. The Hall–Kier alpha value is -1.20. The van der Waals surface area contributed by atoms with Gasteiger partial charge in [0.25, 0.3) is 0 Å². The summed E-state index contributed by atoms with van der Waals surface area (Å²) in [5, 5.41) is 11.8. The van der Waals surface area contributed by atoms with E-state index in [0.717, 1.165) is 12.1 Å². The first kappa shape index (κ1) is 9.80. The average molecular weight is 179 g/mol. The Labute approximate surface area is 65.8 Å². The molecule has 0 rings (SSSR count). The molecule has 0 aliphatic rings. The second-order valence-electron chi connectivity index (χ2n) is 1.55. The van der Waals surface area contributed by atoms with Gasteiger partial charge in [-0.3, -0.25) is 4.79 Å². The molecule has 0 saturated heterocycles. The van der Waals surface area contributed by atoms with Crippen LogP contribution < -0.4 is 0 Å². The molecule has 3 nitrogen and oxygen atoms in total. The summed E-state index contributed by atoms with van der Waals surface area (Å²) < 4.78 is 23.7. The highest BCUT2D eigenvalue weighted by Gasteiger charge is 2.41. The third-order valence-electron chi connectivity index (χ3n) is 0.800. The van der Waals surface area contributed by atoms with E-state index in [4.69, 9.17) is 10.5 Å². The lowest BCUT2D eigenvalue weighted by Crippen LogP contribution is -2.27. The van der Waals surface area contributed by atoms with Crippen molar-refractivity contribution in [1.29, 1.82) is 10.5 Å². The molecule has 58 valence electrons. The molecule has 0 saturated carbocycles. The normalized spacial score (nSPS) is 10.4. The van der Waals surface area contributed by atoms with Crippen LogP contribution in [0.1, 0.15) is 0 Å². The Kier molecular flexibility index (Phi) is 2.91. The van der Waals surface area contributed by atoms with Gasteiger partial charge in [-0.25, -0.2) is 0 Å². The van der Waals surface area contributed by atoms with E-state index in [0.29, 0.717) is 0 Å². The van der Waals surface area contributed by atoms with E-state index in [1.54, 1.807) is 0 Å². The molecule has 0 N–H and O–H groups in total. The second-order valence-corrected chi connectivity index (χ2v) is 2.03. The van der Waals surface area contributed by atoms with Crippen LogP contribution in [0.2, 0.25) is 0 Å². The smallest absolute Gasteiger partial charge is 0.289 e. The Bertz CT molecular complexity index is 233. The van der Waals surface area contributed by atoms with Crippen molar-refractivity contribution in [1.82, 2.24) is 0 Å². The molecule has 0 amide bonds. The first-order valence-electron chi connectivity index (χ1n) is 2.33. The Morgan fingerprint density at radius 1 is 1.45 bits per heavy atom. The SMILES string of the molecule is N#CC(C#N)C(=O)C(F)(F)Cl. The second kappa shape index (κ2) is 3.27. The molecule has 0 aromatic rings. The van der Waals surface area contributed by atoms with Crippen molar-refractivity contribution >= 4 is 17.4 Å². The average Bonchev–Trinajstić information content (AvgIpc) is 1.88. The Balaban J connectivity index is 4.55. The van der Waals surface area contributed by atoms with E-state index in [1.807, 2.05) is 0 Å². The van der Waals surface area contributed by atoms with Gasteiger partial charge in [-0.2, -0.15) is 19.3 Å². The largest absolute Gasteiger partial charge is 0.382 e. The van der Waals surface area contributed by atoms with Crippen molar-refractivity contribution in [3.8, 4) is 12.1 Å². The summed E-state index contributed by atoms with van der Waals surface area (Å²) in [4.78, 5) is 10.3. The van der Waals surface area contributed by atoms with Crippen molar-refractivity contribution in [3.05, 3.63) is 0 Å². The van der Waals surface area contributed by atoms with Crippen LogP contribution in [-0.2, 0) is 4.79 Å². The highest BCUT2D eigenvalue weighted by atomic mass is 35.5. The van der Waals surface area contributed by atoms with Crippen LogP contribution in [0.25, 0.3) is 0 Å². The zero-order chi connectivity index (χ0) is 9.07. The van der Waals surface area contributed by atoms with E-state index >= 15 is 0 Å². The van der Waals surface area contributed by atoms with E-state index in [2.05, 4.69) is 11.6 Å². The van der Waals surface area contributed by atoms with E-state index in [-0.39, 0.29) is 0 Å². The fraction of sp³-hybridized carbons (Fsp3) is 0.400. The molecule has 0 atom stereocenters. The zero-order valence-electron chi connectivity index (χ0n) is 5.01. The summed E-state index contributed by atoms with van der Waals surface area (Å²) in [5.41, 5.74) is 0. The summed E-state index contributed by atoms with van der Waals surface area (Å²) in [6.45, 7) is 0. The van der Waals surface area contributed by atoms with Gasteiger partial charge < -0.3 is 0 Å². The molecule has 0 aromatic carbocycles. The molecular formula is C5HClF2N2O. The van der Waals surface area contributed by atoms with Crippen molar-refractivity contribution in [2.45, 2.75) is 5.38 Å². The molecule has 11 heavy (non-hydrogen) atoms. The van der Waals surface area contributed by atoms with E-state index in [1.165, 1.54) is 0 Å². The molecule has 0 unspecified atom stereocenters. The minimum absolute atomic E-state index is 1.08. The maximum atomic E-state index is 11.9. The van der Waals surface area contributed by atoms with Gasteiger partial charge in [-0.05, 0) is 11.6 Å².